The van der Waals surface area contributed by atoms with Gasteiger partial charge >= 0.3 is 0 Å². The predicted octanol–water partition coefficient (Wildman–Crippen LogP) is 0.779. The molecule has 1 aromatic rings. The smallest absolute Gasteiger partial charge is 0.224 e. The van der Waals surface area contributed by atoms with Crippen LogP contribution < -0.4 is 10.1 Å². The summed E-state index contributed by atoms with van der Waals surface area (Å²) in [7, 11) is -1.56. The summed E-state index contributed by atoms with van der Waals surface area (Å²) < 4.78 is 30.3. The average Bonchev–Trinajstić information content (AvgIpc) is 2.49. The maximum atomic E-state index is 11.9. The largest absolute Gasteiger partial charge is 0.496 e. The second-order valence-corrected chi connectivity index (χ2v) is 7.35. The molecule has 0 spiro atoms. The van der Waals surface area contributed by atoms with Gasteiger partial charge in [-0.05, 0) is 18.9 Å². The first kappa shape index (κ1) is 16.8. The Morgan fingerprint density at radius 2 is 2.09 bits per heavy atom. The number of carbonyl (C=O) groups is 1. The first-order chi connectivity index (χ1) is 10.5. The highest BCUT2D eigenvalue weighted by Gasteiger charge is 2.25. The number of para-hydroxylation sites is 1. The molecule has 1 fully saturated rings. The van der Waals surface area contributed by atoms with Crippen molar-refractivity contribution in [2.45, 2.75) is 19.3 Å². The molecule has 0 atom stereocenters. The fraction of sp³-hybridized carbons (Fsp3) is 0.533. The van der Waals surface area contributed by atoms with Crippen LogP contribution >= 0.6 is 0 Å². The molecule has 0 aromatic heterocycles. The molecular weight excluding hydrogens is 304 g/mol. The molecule has 0 radical (unpaired) electrons. The molecule has 7 heteroatoms. The quantitative estimate of drug-likeness (QED) is 0.838. The molecule has 1 saturated heterocycles. The van der Waals surface area contributed by atoms with E-state index in [1.165, 1.54) is 4.31 Å². The first-order valence-electron chi connectivity index (χ1n) is 7.39. The molecule has 6 nitrogen and oxygen atoms in total. The van der Waals surface area contributed by atoms with Crippen LogP contribution in [0.25, 0.3) is 0 Å². The minimum Gasteiger partial charge on any atom is -0.496 e. The van der Waals surface area contributed by atoms with E-state index in [0.29, 0.717) is 25.4 Å². The van der Waals surface area contributed by atoms with Gasteiger partial charge in [-0.2, -0.15) is 0 Å². The number of nitrogens with one attached hydrogen (secondary N) is 1. The van der Waals surface area contributed by atoms with Crippen molar-refractivity contribution < 1.29 is 17.9 Å². The number of hydrogen-bond donors (Lipinski definition) is 1. The van der Waals surface area contributed by atoms with Crippen molar-refractivity contribution in [2.75, 3.05) is 32.5 Å². The predicted molar refractivity (Wildman–Crippen MR) is 84.3 cm³/mol. The van der Waals surface area contributed by atoms with Crippen molar-refractivity contribution in [3.05, 3.63) is 29.8 Å². The van der Waals surface area contributed by atoms with Gasteiger partial charge in [0.05, 0.1) is 19.3 Å². The van der Waals surface area contributed by atoms with Gasteiger partial charge in [-0.15, -0.1) is 0 Å². The van der Waals surface area contributed by atoms with E-state index in [0.717, 1.165) is 18.4 Å². The number of ether oxygens (including phenoxy) is 1. The topological polar surface area (TPSA) is 75.7 Å². The van der Waals surface area contributed by atoms with Gasteiger partial charge in [-0.25, -0.2) is 12.7 Å². The molecule has 122 valence electrons. The van der Waals surface area contributed by atoms with E-state index in [1.807, 2.05) is 24.3 Å². The summed E-state index contributed by atoms with van der Waals surface area (Å²) in [6.45, 7) is 1.21. The summed E-state index contributed by atoms with van der Waals surface area (Å²) in [5.41, 5.74) is 0.813. The Kier molecular flexibility index (Phi) is 5.79. The molecule has 1 amide bonds. The van der Waals surface area contributed by atoms with Crippen molar-refractivity contribution in [1.29, 1.82) is 0 Å². The molecule has 1 N–H and O–H groups in total. The van der Waals surface area contributed by atoms with Gasteiger partial charge in [0.2, 0.25) is 15.9 Å². The highest BCUT2D eigenvalue weighted by Crippen LogP contribution is 2.17. The minimum absolute atomic E-state index is 0.140. The summed E-state index contributed by atoms with van der Waals surface area (Å²) in [5.74, 6) is 0.748. The van der Waals surface area contributed by atoms with E-state index in [9.17, 15) is 13.2 Å². The lowest BCUT2D eigenvalue weighted by Gasteiger charge is -2.26. The van der Waals surface area contributed by atoms with Gasteiger partial charge in [-0.3, -0.25) is 4.79 Å². The Morgan fingerprint density at radius 1 is 1.32 bits per heavy atom. The van der Waals surface area contributed by atoms with Crippen LogP contribution in [0.4, 0.5) is 0 Å². The Hall–Kier alpha value is -1.60. The molecule has 1 aliphatic heterocycles. The third-order valence-electron chi connectivity index (χ3n) is 3.68. The number of benzene rings is 1. The molecule has 1 aromatic carbocycles. The monoisotopic (exact) mass is 326 g/mol. The van der Waals surface area contributed by atoms with Crippen molar-refractivity contribution >= 4 is 15.9 Å². The minimum atomic E-state index is -3.13. The number of rotatable bonds is 6. The summed E-state index contributed by atoms with van der Waals surface area (Å²) in [6.07, 6.45) is 1.82. The molecule has 0 unspecified atom stereocenters. The van der Waals surface area contributed by atoms with Gasteiger partial charge in [-0.1, -0.05) is 18.2 Å². The summed E-state index contributed by atoms with van der Waals surface area (Å²) in [5, 5.41) is 2.77. The van der Waals surface area contributed by atoms with Gasteiger partial charge in [0.15, 0.2) is 0 Å². The van der Waals surface area contributed by atoms with Crippen LogP contribution in [-0.2, 0) is 21.2 Å². The fourth-order valence-electron chi connectivity index (χ4n) is 2.50. The molecule has 0 saturated carbocycles. The average molecular weight is 326 g/mol. The highest BCUT2D eigenvalue weighted by molar-refractivity contribution is 7.89. The van der Waals surface area contributed by atoms with Gasteiger partial charge in [0.1, 0.15) is 5.75 Å². The van der Waals surface area contributed by atoms with Gasteiger partial charge in [0, 0.05) is 25.2 Å². The zero-order chi connectivity index (χ0) is 16.0. The molecule has 0 aliphatic carbocycles. The molecule has 0 bridgehead atoms. The maximum Gasteiger partial charge on any atom is 0.224 e. The maximum absolute atomic E-state index is 11.9. The van der Waals surface area contributed by atoms with Gasteiger partial charge in [0.25, 0.3) is 0 Å². The third kappa shape index (κ3) is 4.45. The number of hydrogen-bond acceptors (Lipinski definition) is 4. The van der Waals surface area contributed by atoms with E-state index in [2.05, 4.69) is 5.32 Å². The summed E-state index contributed by atoms with van der Waals surface area (Å²) in [6, 6.07) is 7.35. The van der Waals surface area contributed by atoms with Crippen LogP contribution in [-0.4, -0.2) is 51.1 Å². The normalized spacial score (nSPS) is 17.9. The number of sulfonamides is 1. The Morgan fingerprint density at radius 3 is 2.82 bits per heavy atom. The lowest BCUT2D eigenvalue weighted by molar-refractivity contribution is -0.120. The Labute approximate surface area is 131 Å². The lowest BCUT2D eigenvalue weighted by atomic mass is 10.1. The van der Waals surface area contributed by atoms with E-state index in [-0.39, 0.29) is 18.1 Å². The zero-order valence-electron chi connectivity index (χ0n) is 12.7. The molecule has 1 heterocycles. The molecule has 22 heavy (non-hydrogen) atoms. The Bertz CT molecular complexity index is 616. The fourth-order valence-corrected chi connectivity index (χ4v) is 4.10. The summed E-state index contributed by atoms with van der Waals surface area (Å²) in [4.78, 5) is 11.9. The molecular formula is C15H22N2O4S. The van der Waals surface area contributed by atoms with Crippen LogP contribution in [0.5, 0.6) is 5.75 Å². The third-order valence-corrected chi connectivity index (χ3v) is 5.64. The van der Waals surface area contributed by atoms with E-state index < -0.39 is 10.0 Å². The van der Waals surface area contributed by atoms with E-state index in [4.69, 9.17) is 4.74 Å². The SMILES string of the molecule is COc1ccccc1CC(=O)NCCN1CCCCS1(=O)=O. The number of methoxy groups -OCH3 is 1. The van der Waals surface area contributed by atoms with E-state index in [1.54, 1.807) is 7.11 Å². The highest BCUT2D eigenvalue weighted by atomic mass is 32.2. The second kappa shape index (κ2) is 7.60. The van der Waals surface area contributed by atoms with Crippen LogP contribution in [0, 0.1) is 0 Å². The zero-order valence-corrected chi connectivity index (χ0v) is 13.6. The second-order valence-electron chi connectivity index (χ2n) is 5.26. The molecule has 2 rings (SSSR count). The van der Waals surface area contributed by atoms with Crippen LogP contribution in [0.2, 0.25) is 0 Å². The van der Waals surface area contributed by atoms with Gasteiger partial charge < -0.3 is 10.1 Å². The lowest BCUT2D eigenvalue weighted by Crippen LogP contribution is -2.42. The summed E-state index contributed by atoms with van der Waals surface area (Å²) >= 11 is 0. The first-order valence-corrected chi connectivity index (χ1v) is 9.00. The van der Waals surface area contributed by atoms with Crippen LogP contribution in [0.3, 0.4) is 0 Å². The van der Waals surface area contributed by atoms with Crippen molar-refractivity contribution in [3.63, 3.8) is 0 Å². The number of nitrogens with zero attached hydrogens (tertiary/aromatic N) is 1. The van der Waals surface area contributed by atoms with E-state index >= 15 is 0 Å². The van der Waals surface area contributed by atoms with Crippen molar-refractivity contribution in [1.82, 2.24) is 9.62 Å². The van der Waals surface area contributed by atoms with Crippen LogP contribution in [0.1, 0.15) is 18.4 Å². The number of amides is 1. The van der Waals surface area contributed by atoms with Crippen molar-refractivity contribution in [2.24, 2.45) is 0 Å². The number of carbonyl (C=O) groups excluding carboxylic acids is 1. The van der Waals surface area contributed by atoms with Crippen LogP contribution in [0.15, 0.2) is 24.3 Å². The van der Waals surface area contributed by atoms with Crippen molar-refractivity contribution in [3.8, 4) is 5.75 Å². The standard InChI is InChI=1S/C15H22N2O4S/c1-21-14-7-3-2-6-13(14)12-15(18)16-8-10-17-9-4-5-11-22(17,19)20/h2-3,6-7H,4-5,8-12H2,1H3,(H,16,18). The Balaban J connectivity index is 1.81. The molecule has 1 aliphatic rings.